The van der Waals surface area contributed by atoms with Crippen LogP contribution in [0.15, 0.2) is 60.7 Å². The van der Waals surface area contributed by atoms with Crippen molar-refractivity contribution >= 4 is 11.7 Å². The van der Waals surface area contributed by atoms with Crippen LogP contribution >= 0.6 is 0 Å². The molecular weight excluding hydrogens is 336 g/mol. The lowest BCUT2D eigenvalue weighted by molar-refractivity contribution is -0.139. The van der Waals surface area contributed by atoms with Crippen molar-refractivity contribution in [2.75, 3.05) is 7.05 Å². The van der Waals surface area contributed by atoms with E-state index < -0.39 is 11.8 Å². The molecule has 2 aromatic carbocycles. The van der Waals surface area contributed by atoms with Crippen LogP contribution in [0, 0.1) is 23.2 Å². The third-order valence-corrected chi connectivity index (χ3v) is 5.41. The van der Waals surface area contributed by atoms with Crippen LogP contribution < -0.4 is 0 Å². The van der Waals surface area contributed by atoms with Crippen LogP contribution in [-0.4, -0.2) is 23.6 Å². The fraction of sp³-hybridized carbons (Fsp3) is 0.348. The zero-order chi connectivity index (χ0) is 19.2. The normalized spacial score (nSPS) is 19.9. The van der Waals surface area contributed by atoms with Gasteiger partial charge in [0.15, 0.2) is 11.7 Å². The van der Waals surface area contributed by atoms with Crippen LogP contribution in [-0.2, 0) is 16.1 Å². The third kappa shape index (κ3) is 4.43. The highest BCUT2D eigenvalue weighted by atomic mass is 16.2. The lowest BCUT2D eigenvalue weighted by atomic mass is 9.89. The second-order valence-corrected chi connectivity index (χ2v) is 7.26. The standard InChI is InChI=1S/C23H24N2O2/c1-25(16-17-8-4-2-5-9-17)23(27)21(15-24)22(26)20-13-12-19(14-20)18-10-6-3-7-11-18/h2-11,19-21H,12-14,16H2,1H3/t19-,20-,21?/m1/s1. The molecule has 3 atom stereocenters. The van der Waals surface area contributed by atoms with Gasteiger partial charge in [-0.25, -0.2) is 0 Å². The van der Waals surface area contributed by atoms with Crippen molar-refractivity contribution in [1.82, 2.24) is 4.90 Å². The fourth-order valence-corrected chi connectivity index (χ4v) is 3.90. The van der Waals surface area contributed by atoms with Crippen LogP contribution in [0.3, 0.4) is 0 Å². The molecule has 27 heavy (non-hydrogen) atoms. The molecule has 4 heteroatoms. The highest BCUT2D eigenvalue weighted by Crippen LogP contribution is 2.39. The highest BCUT2D eigenvalue weighted by Gasteiger charge is 2.38. The molecule has 1 amide bonds. The van der Waals surface area contributed by atoms with Crippen molar-refractivity contribution in [3.63, 3.8) is 0 Å². The van der Waals surface area contributed by atoms with E-state index in [1.807, 2.05) is 54.6 Å². The average Bonchev–Trinajstić information content (AvgIpc) is 3.20. The molecule has 1 unspecified atom stereocenters. The number of amides is 1. The van der Waals surface area contributed by atoms with Crippen molar-refractivity contribution < 1.29 is 9.59 Å². The summed E-state index contributed by atoms with van der Waals surface area (Å²) in [6.45, 7) is 0.391. The Balaban J connectivity index is 1.64. The molecule has 1 fully saturated rings. The summed E-state index contributed by atoms with van der Waals surface area (Å²) in [6.07, 6.45) is 2.38. The first kappa shape index (κ1) is 18.8. The Bertz CT molecular complexity index is 826. The second-order valence-electron chi connectivity index (χ2n) is 7.26. The van der Waals surface area contributed by atoms with Gasteiger partial charge in [0.25, 0.3) is 0 Å². The minimum Gasteiger partial charge on any atom is -0.340 e. The number of hydrogen-bond donors (Lipinski definition) is 0. The molecule has 1 saturated carbocycles. The number of carbonyl (C=O) groups is 2. The zero-order valence-corrected chi connectivity index (χ0v) is 15.5. The van der Waals surface area contributed by atoms with Crippen molar-refractivity contribution in [3.8, 4) is 6.07 Å². The minimum absolute atomic E-state index is 0.214. The summed E-state index contributed by atoms with van der Waals surface area (Å²) in [5, 5.41) is 9.51. The Labute approximate surface area is 160 Å². The number of nitrogens with zero attached hydrogens (tertiary/aromatic N) is 2. The number of rotatable bonds is 6. The zero-order valence-electron chi connectivity index (χ0n) is 15.5. The number of Topliss-reactive ketones (excluding diaryl/α,β-unsaturated/α-hetero) is 1. The van der Waals surface area contributed by atoms with E-state index in [0.29, 0.717) is 12.5 Å². The highest BCUT2D eigenvalue weighted by molar-refractivity contribution is 6.04. The van der Waals surface area contributed by atoms with Gasteiger partial charge in [0.2, 0.25) is 5.91 Å². The minimum atomic E-state index is -1.21. The summed E-state index contributed by atoms with van der Waals surface area (Å²) in [4.78, 5) is 27.1. The van der Waals surface area contributed by atoms with Gasteiger partial charge in [-0.1, -0.05) is 60.7 Å². The van der Waals surface area contributed by atoms with Crippen molar-refractivity contribution in [1.29, 1.82) is 5.26 Å². The van der Waals surface area contributed by atoms with Gasteiger partial charge in [0, 0.05) is 19.5 Å². The molecule has 0 aromatic heterocycles. The van der Waals surface area contributed by atoms with Crippen molar-refractivity contribution in [2.24, 2.45) is 11.8 Å². The maximum absolute atomic E-state index is 12.9. The van der Waals surface area contributed by atoms with E-state index in [-0.39, 0.29) is 11.7 Å². The molecule has 138 valence electrons. The first-order chi connectivity index (χ1) is 13.1. The molecule has 0 N–H and O–H groups in total. The molecule has 3 rings (SSSR count). The smallest absolute Gasteiger partial charge is 0.247 e. The monoisotopic (exact) mass is 360 g/mol. The Kier molecular flexibility index (Phi) is 6.03. The summed E-state index contributed by atoms with van der Waals surface area (Å²) < 4.78 is 0. The van der Waals surface area contributed by atoms with Gasteiger partial charge in [0.1, 0.15) is 0 Å². The van der Waals surface area contributed by atoms with E-state index in [4.69, 9.17) is 0 Å². The summed E-state index contributed by atoms with van der Waals surface area (Å²) in [5.41, 5.74) is 2.20. The molecule has 0 heterocycles. The van der Waals surface area contributed by atoms with Gasteiger partial charge in [-0.2, -0.15) is 5.26 Å². The molecule has 1 aliphatic carbocycles. The quantitative estimate of drug-likeness (QED) is 0.733. The molecule has 2 aromatic rings. The van der Waals surface area contributed by atoms with E-state index in [2.05, 4.69) is 12.1 Å². The summed E-state index contributed by atoms with van der Waals surface area (Å²) in [6, 6.07) is 21.7. The molecule has 0 saturated heterocycles. The molecule has 0 aliphatic heterocycles. The lowest BCUT2D eigenvalue weighted by Crippen LogP contribution is -2.38. The number of carbonyl (C=O) groups excluding carboxylic acids is 2. The largest absolute Gasteiger partial charge is 0.340 e. The van der Waals surface area contributed by atoms with Gasteiger partial charge in [-0.3, -0.25) is 9.59 Å². The molecule has 0 radical (unpaired) electrons. The number of nitriles is 1. The van der Waals surface area contributed by atoms with Crippen molar-refractivity contribution in [3.05, 3.63) is 71.8 Å². The van der Waals surface area contributed by atoms with Gasteiger partial charge in [-0.05, 0) is 36.3 Å². The Hall–Kier alpha value is -2.93. The third-order valence-electron chi connectivity index (χ3n) is 5.41. The van der Waals surface area contributed by atoms with Crippen molar-refractivity contribution in [2.45, 2.75) is 31.7 Å². The maximum atomic E-state index is 12.9. The van der Waals surface area contributed by atoms with E-state index in [1.54, 1.807) is 7.05 Å². The van der Waals surface area contributed by atoms with Gasteiger partial charge in [-0.15, -0.1) is 0 Å². The molecule has 0 bridgehead atoms. The number of hydrogen-bond acceptors (Lipinski definition) is 3. The van der Waals surface area contributed by atoms with E-state index in [0.717, 1.165) is 24.8 Å². The maximum Gasteiger partial charge on any atom is 0.247 e. The predicted molar refractivity (Wildman–Crippen MR) is 104 cm³/mol. The van der Waals surface area contributed by atoms with E-state index in [9.17, 15) is 14.9 Å². The molecular formula is C23H24N2O2. The fourth-order valence-electron chi connectivity index (χ4n) is 3.90. The van der Waals surface area contributed by atoms with Crippen LogP contribution in [0.2, 0.25) is 0 Å². The molecule has 4 nitrogen and oxygen atoms in total. The Morgan fingerprint density at radius 3 is 2.33 bits per heavy atom. The second kappa shape index (κ2) is 8.64. The lowest BCUT2D eigenvalue weighted by Gasteiger charge is -2.21. The first-order valence-electron chi connectivity index (χ1n) is 9.37. The Morgan fingerprint density at radius 2 is 1.70 bits per heavy atom. The van der Waals surface area contributed by atoms with Crippen LogP contribution in [0.1, 0.15) is 36.3 Å². The summed E-state index contributed by atoms with van der Waals surface area (Å²) in [7, 11) is 1.65. The van der Waals surface area contributed by atoms with Gasteiger partial charge >= 0.3 is 0 Å². The van der Waals surface area contributed by atoms with Crippen LogP contribution in [0.25, 0.3) is 0 Å². The van der Waals surface area contributed by atoms with Crippen LogP contribution in [0.5, 0.6) is 0 Å². The van der Waals surface area contributed by atoms with Gasteiger partial charge in [0.05, 0.1) is 6.07 Å². The summed E-state index contributed by atoms with van der Waals surface area (Å²) in [5.74, 6) is -1.72. The van der Waals surface area contributed by atoms with Crippen LogP contribution in [0.4, 0.5) is 0 Å². The SMILES string of the molecule is CN(Cc1ccccc1)C(=O)C(C#N)C(=O)[C@@H]1CC[C@@H](c2ccccc2)C1. The predicted octanol–water partition coefficient (Wildman–Crippen LogP) is 3.94. The average molecular weight is 360 g/mol. The van der Waals surface area contributed by atoms with E-state index >= 15 is 0 Å². The number of ketones is 1. The Morgan fingerprint density at radius 1 is 1.07 bits per heavy atom. The van der Waals surface area contributed by atoms with Gasteiger partial charge < -0.3 is 4.90 Å². The molecule has 0 spiro atoms. The topological polar surface area (TPSA) is 61.2 Å². The molecule has 1 aliphatic rings. The summed E-state index contributed by atoms with van der Waals surface area (Å²) >= 11 is 0. The first-order valence-corrected chi connectivity index (χ1v) is 9.37. The van der Waals surface area contributed by atoms with E-state index in [1.165, 1.54) is 10.5 Å². The number of benzene rings is 2.